The standard InChI is InChI=1S/C23H26BrN3O5S/c1-3-25-22(29)16(2)26(15-17-8-6-9-18(24)14-17)21(28)12-7-13-27-23(30)19-10-4-5-11-20(19)33(27,31)32/h4-6,8-11,14,16H,3,7,12-13,15H2,1-2H3,(H,25,29)/t16-/m1/s1. The van der Waals surface area contributed by atoms with E-state index in [9.17, 15) is 22.8 Å². The molecule has 2 aromatic rings. The number of benzene rings is 2. The molecule has 1 atom stereocenters. The van der Waals surface area contributed by atoms with E-state index in [0.29, 0.717) is 6.54 Å². The number of carbonyl (C=O) groups excluding carboxylic acids is 3. The molecule has 0 saturated carbocycles. The average Bonchev–Trinajstić information content (AvgIpc) is 2.98. The molecular weight excluding hydrogens is 510 g/mol. The molecule has 1 heterocycles. The number of halogens is 1. The number of hydrogen-bond donors (Lipinski definition) is 1. The quantitative estimate of drug-likeness (QED) is 0.531. The molecule has 0 bridgehead atoms. The van der Waals surface area contributed by atoms with Crippen molar-refractivity contribution in [3.8, 4) is 0 Å². The van der Waals surface area contributed by atoms with Crippen molar-refractivity contribution in [2.75, 3.05) is 13.1 Å². The molecule has 10 heteroatoms. The van der Waals surface area contributed by atoms with Gasteiger partial charge in [0.05, 0.1) is 5.56 Å². The summed E-state index contributed by atoms with van der Waals surface area (Å²) in [5.74, 6) is -1.15. The number of carbonyl (C=O) groups is 3. The van der Waals surface area contributed by atoms with Crippen LogP contribution < -0.4 is 5.32 Å². The first-order valence-corrected chi connectivity index (χ1v) is 12.9. The monoisotopic (exact) mass is 535 g/mol. The van der Waals surface area contributed by atoms with Gasteiger partial charge in [-0.15, -0.1) is 0 Å². The van der Waals surface area contributed by atoms with Gasteiger partial charge in [0.25, 0.3) is 15.9 Å². The summed E-state index contributed by atoms with van der Waals surface area (Å²) < 4.78 is 27.1. The molecular formula is C23H26BrN3O5S. The lowest BCUT2D eigenvalue weighted by Gasteiger charge is -2.29. The topological polar surface area (TPSA) is 104 Å². The highest BCUT2D eigenvalue weighted by atomic mass is 79.9. The van der Waals surface area contributed by atoms with E-state index in [0.717, 1.165) is 14.3 Å². The van der Waals surface area contributed by atoms with Gasteiger partial charge in [0.1, 0.15) is 10.9 Å². The van der Waals surface area contributed by atoms with Crippen LogP contribution in [0, 0.1) is 0 Å². The van der Waals surface area contributed by atoms with Gasteiger partial charge in [0, 0.05) is 30.5 Å². The van der Waals surface area contributed by atoms with Crippen molar-refractivity contribution in [1.29, 1.82) is 0 Å². The molecule has 8 nitrogen and oxygen atoms in total. The van der Waals surface area contributed by atoms with E-state index in [1.165, 1.54) is 17.0 Å². The van der Waals surface area contributed by atoms with Crippen molar-refractivity contribution >= 4 is 43.7 Å². The number of nitrogens with one attached hydrogen (secondary N) is 1. The molecule has 0 fully saturated rings. The molecule has 0 aromatic heterocycles. The SMILES string of the molecule is CCNC(=O)[C@@H](C)N(Cc1cccc(Br)c1)C(=O)CCCN1C(=O)c2ccccc2S1(=O)=O. The van der Waals surface area contributed by atoms with E-state index in [1.807, 2.05) is 24.3 Å². The molecule has 33 heavy (non-hydrogen) atoms. The number of nitrogens with zero attached hydrogens (tertiary/aromatic N) is 2. The van der Waals surface area contributed by atoms with Gasteiger partial charge in [-0.1, -0.05) is 40.2 Å². The Hall–Kier alpha value is -2.72. The van der Waals surface area contributed by atoms with Crippen LogP contribution in [0.2, 0.25) is 0 Å². The third kappa shape index (κ3) is 5.44. The van der Waals surface area contributed by atoms with Gasteiger partial charge in [-0.3, -0.25) is 14.4 Å². The number of hydrogen-bond acceptors (Lipinski definition) is 5. The van der Waals surface area contributed by atoms with E-state index in [2.05, 4.69) is 21.2 Å². The summed E-state index contributed by atoms with van der Waals surface area (Å²) in [5, 5.41) is 2.73. The Bertz CT molecular complexity index is 1170. The Morgan fingerprint density at radius 2 is 1.88 bits per heavy atom. The van der Waals surface area contributed by atoms with E-state index >= 15 is 0 Å². The maximum atomic E-state index is 13.1. The second-order valence-corrected chi connectivity index (χ2v) is 10.5. The van der Waals surface area contributed by atoms with Crippen LogP contribution in [0.4, 0.5) is 0 Å². The summed E-state index contributed by atoms with van der Waals surface area (Å²) in [6.07, 6.45) is 0.141. The lowest BCUT2D eigenvalue weighted by Crippen LogP contribution is -2.47. The molecule has 0 unspecified atom stereocenters. The Kier molecular flexibility index (Phi) is 7.91. The number of rotatable bonds is 9. The summed E-state index contributed by atoms with van der Waals surface area (Å²) in [4.78, 5) is 39.6. The van der Waals surface area contributed by atoms with Crippen LogP contribution in [0.15, 0.2) is 57.9 Å². The van der Waals surface area contributed by atoms with Crippen LogP contribution in [0.3, 0.4) is 0 Å². The van der Waals surface area contributed by atoms with Crippen molar-refractivity contribution in [3.63, 3.8) is 0 Å². The van der Waals surface area contributed by atoms with E-state index < -0.39 is 22.0 Å². The van der Waals surface area contributed by atoms with Gasteiger partial charge in [0.2, 0.25) is 11.8 Å². The van der Waals surface area contributed by atoms with E-state index in [-0.39, 0.29) is 48.2 Å². The third-order valence-corrected chi connectivity index (χ3v) is 7.76. The largest absolute Gasteiger partial charge is 0.355 e. The van der Waals surface area contributed by atoms with Gasteiger partial charge >= 0.3 is 0 Å². The first-order chi connectivity index (χ1) is 15.7. The molecule has 1 N–H and O–H groups in total. The highest BCUT2D eigenvalue weighted by Gasteiger charge is 2.40. The first-order valence-electron chi connectivity index (χ1n) is 10.6. The Morgan fingerprint density at radius 3 is 2.55 bits per heavy atom. The zero-order valence-corrected chi connectivity index (χ0v) is 20.9. The highest BCUT2D eigenvalue weighted by Crippen LogP contribution is 2.30. The molecule has 0 spiro atoms. The van der Waals surface area contributed by atoms with Crippen LogP contribution in [-0.2, 0) is 26.2 Å². The minimum atomic E-state index is -3.91. The van der Waals surface area contributed by atoms with Crippen LogP contribution in [-0.4, -0.2) is 54.5 Å². The minimum Gasteiger partial charge on any atom is -0.355 e. The normalized spacial score (nSPS) is 15.1. The van der Waals surface area contributed by atoms with Crippen LogP contribution in [0.5, 0.6) is 0 Å². The van der Waals surface area contributed by atoms with Crippen LogP contribution >= 0.6 is 15.9 Å². The van der Waals surface area contributed by atoms with Gasteiger partial charge in [-0.2, -0.15) is 0 Å². The fourth-order valence-corrected chi connectivity index (χ4v) is 5.76. The Labute approximate surface area is 202 Å². The zero-order valence-electron chi connectivity index (χ0n) is 18.5. The second-order valence-electron chi connectivity index (χ2n) is 7.70. The maximum Gasteiger partial charge on any atom is 0.269 e. The summed E-state index contributed by atoms with van der Waals surface area (Å²) in [7, 11) is -3.91. The summed E-state index contributed by atoms with van der Waals surface area (Å²) in [6.45, 7) is 4.02. The van der Waals surface area contributed by atoms with Crippen molar-refractivity contribution in [1.82, 2.24) is 14.5 Å². The summed E-state index contributed by atoms with van der Waals surface area (Å²) in [6, 6.07) is 12.8. The Morgan fingerprint density at radius 1 is 1.15 bits per heavy atom. The Balaban J connectivity index is 1.70. The fourth-order valence-electron chi connectivity index (χ4n) is 3.71. The molecule has 0 radical (unpaired) electrons. The molecule has 0 saturated heterocycles. The molecule has 1 aliphatic rings. The lowest BCUT2D eigenvalue weighted by atomic mass is 10.1. The second kappa shape index (κ2) is 10.5. The van der Waals surface area contributed by atoms with Gasteiger partial charge < -0.3 is 10.2 Å². The molecule has 2 aromatic carbocycles. The van der Waals surface area contributed by atoms with E-state index in [4.69, 9.17) is 0 Å². The fraction of sp³-hybridized carbons (Fsp3) is 0.348. The van der Waals surface area contributed by atoms with Crippen LogP contribution in [0.1, 0.15) is 42.6 Å². The van der Waals surface area contributed by atoms with Gasteiger partial charge in [-0.05, 0) is 50.1 Å². The minimum absolute atomic E-state index is 0.00655. The van der Waals surface area contributed by atoms with Crippen molar-refractivity contribution in [3.05, 3.63) is 64.1 Å². The maximum absolute atomic E-state index is 13.1. The first kappa shape index (κ1) is 24.9. The molecule has 3 amide bonds. The molecule has 0 aliphatic carbocycles. The molecule has 176 valence electrons. The summed E-state index contributed by atoms with van der Waals surface area (Å²) in [5.41, 5.74) is 0.992. The summed E-state index contributed by atoms with van der Waals surface area (Å²) >= 11 is 3.41. The average molecular weight is 536 g/mol. The van der Waals surface area contributed by atoms with E-state index in [1.54, 1.807) is 26.0 Å². The van der Waals surface area contributed by atoms with Crippen molar-refractivity contribution < 1.29 is 22.8 Å². The molecule has 1 aliphatic heterocycles. The number of fused-ring (bicyclic) bond motifs is 1. The predicted molar refractivity (Wildman–Crippen MR) is 127 cm³/mol. The number of likely N-dealkylation sites (N-methyl/N-ethyl adjacent to an activating group) is 1. The van der Waals surface area contributed by atoms with Crippen molar-refractivity contribution in [2.24, 2.45) is 0 Å². The van der Waals surface area contributed by atoms with Crippen LogP contribution in [0.25, 0.3) is 0 Å². The zero-order chi connectivity index (χ0) is 24.2. The van der Waals surface area contributed by atoms with Gasteiger partial charge in [-0.25, -0.2) is 12.7 Å². The smallest absolute Gasteiger partial charge is 0.269 e. The highest BCUT2D eigenvalue weighted by molar-refractivity contribution is 9.10. The van der Waals surface area contributed by atoms with Gasteiger partial charge in [0.15, 0.2) is 0 Å². The predicted octanol–water partition coefficient (Wildman–Crippen LogP) is 2.93. The lowest BCUT2D eigenvalue weighted by molar-refractivity contribution is -0.140. The molecule has 3 rings (SSSR count). The number of amides is 3. The third-order valence-electron chi connectivity index (χ3n) is 5.42. The number of sulfonamides is 1. The van der Waals surface area contributed by atoms with Crippen molar-refractivity contribution in [2.45, 2.75) is 44.2 Å².